The van der Waals surface area contributed by atoms with Crippen molar-refractivity contribution in [3.05, 3.63) is 163 Å². The lowest BCUT2D eigenvalue weighted by Gasteiger charge is -2.34. The SMILES string of the molecule is O=C(COc1ccccc1)N1CCCC[C@@H]1c1csc(Cc2ccc(Cl)cc2)n1.O=C(COc1ccccc1)N1CCCC[C@@H]1c1csc(Cc2ccc(Cl)cc2)n1. The Balaban J connectivity index is 0.000000177. The number of halogens is 2. The van der Waals surface area contributed by atoms with E-state index in [-0.39, 0.29) is 37.1 Å². The van der Waals surface area contributed by atoms with Gasteiger partial charge < -0.3 is 19.3 Å². The monoisotopic (exact) mass is 852 g/mol. The Kier molecular flexibility index (Phi) is 14.9. The van der Waals surface area contributed by atoms with Crippen molar-refractivity contribution in [3.8, 4) is 11.5 Å². The minimum atomic E-state index is 0.0193. The van der Waals surface area contributed by atoms with Crippen molar-refractivity contribution in [1.82, 2.24) is 19.8 Å². The van der Waals surface area contributed by atoms with Gasteiger partial charge in [0, 0.05) is 46.7 Å². The Morgan fingerprint density at radius 3 is 1.36 bits per heavy atom. The molecule has 2 fully saturated rings. The number of carbonyl (C=O) groups is 2. The van der Waals surface area contributed by atoms with Crippen LogP contribution in [0.15, 0.2) is 120 Å². The molecular weight excluding hydrogens is 808 g/mol. The molecule has 6 aromatic rings. The average Bonchev–Trinajstić information content (AvgIpc) is 3.94. The maximum Gasteiger partial charge on any atom is 0.261 e. The maximum atomic E-state index is 12.8. The van der Waals surface area contributed by atoms with Crippen molar-refractivity contribution in [2.24, 2.45) is 0 Å². The van der Waals surface area contributed by atoms with Crippen LogP contribution < -0.4 is 9.47 Å². The molecular formula is C46H46Cl2N4O4S2. The van der Waals surface area contributed by atoms with Gasteiger partial charge >= 0.3 is 0 Å². The molecule has 0 spiro atoms. The number of thiazole rings is 2. The van der Waals surface area contributed by atoms with Gasteiger partial charge in [0.15, 0.2) is 13.2 Å². The highest BCUT2D eigenvalue weighted by Gasteiger charge is 2.31. The molecule has 12 heteroatoms. The number of aromatic nitrogens is 2. The van der Waals surface area contributed by atoms with Crippen LogP contribution in [0.5, 0.6) is 11.5 Å². The zero-order valence-corrected chi connectivity index (χ0v) is 35.3. The van der Waals surface area contributed by atoms with E-state index in [1.165, 1.54) is 11.1 Å². The smallest absolute Gasteiger partial charge is 0.261 e. The minimum Gasteiger partial charge on any atom is -0.484 e. The zero-order chi connectivity index (χ0) is 40.1. The zero-order valence-electron chi connectivity index (χ0n) is 32.2. The van der Waals surface area contributed by atoms with Crippen LogP contribution in [0.3, 0.4) is 0 Å². The fraction of sp³-hybridized carbons (Fsp3) is 0.304. The summed E-state index contributed by atoms with van der Waals surface area (Å²) in [4.78, 5) is 39.3. The Hall–Kier alpha value is -4.74. The Morgan fingerprint density at radius 1 is 0.569 bits per heavy atom. The van der Waals surface area contributed by atoms with Crippen LogP contribution in [0.2, 0.25) is 10.0 Å². The minimum absolute atomic E-state index is 0.0193. The van der Waals surface area contributed by atoms with Gasteiger partial charge in [-0.05, 0) is 98.2 Å². The molecule has 2 aromatic heterocycles. The topological polar surface area (TPSA) is 84.9 Å². The molecule has 4 heterocycles. The number of hydrogen-bond donors (Lipinski definition) is 0. The van der Waals surface area contributed by atoms with Crippen molar-refractivity contribution in [1.29, 1.82) is 0 Å². The lowest BCUT2D eigenvalue weighted by molar-refractivity contribution is -0.138. The van der Waals surface area contributed by atoms with E-state index in [0.29, 0.717) is 11.5 Å². The summed E-state index contributed by atoms with van der Waals surface area (Å²) in [6.07, 6.45) is 7.71. The molecule has 2 amide bonds. The second-order valence-electron chi connectivity index (χ2n) is 14.3. The number of rotatable bonds is 12. The van der Waals surface area contributed by atoms with Gasteiger partial charge in [-0.1, -0.05) is 83.9 Å². The van der Waals surface area contributed by atoms with Gasteiger partial charge in [-0.15, -0.1) is 22.7 Å². The van der Waals surface area contributed by atoms with E-state index in [1.807, 2.05) is 119 Å². The molecule has 0 bridgehead atoms. The fourth-order valence-corrected chi connectivity index (χ4v) is 9.24. The van der Waals surface area contributed by atoms with E-state index in [2.05, 4.69) is 10.8 Å². The molecule has 4 aromatic carbocycles. The highest BCUT2D eigenvalue weighted by molar-refractivity contribution is 7.10. The molecule has 0 aliphatic carbocycles. The number of hydrogen-bond acceptors (Lipinski definition) is 8. The van der Waals surface area contributed by atoms with E-state index in [0.717, 1.165) is 95.9 Å². The molecule has 0 N–H and O–H groups in total. The Labute approximate surface area is 358 Å². The molecule has 2 atom stereocenters. The molecule has 8 rings (SSSR count). The first-order valence-electron chi connectivity index (χ1n) is 19.7. The second-order valence-corrected chi connectivity index (χ2v) is 17.1. The first kappa shape index (κ1) is 41.4. The maximum absolute atomic E-state index is 12.8. The summed E-state index contributed by atoms with van der Waals surface area (Å²) in [5, 5.41) is 7.78. The summed E-state index contributed by atoms with van der Waals surface area (Å²) in [6, 6.07) is 34.7. The molecule has 0 unspecified atom stereocenters. The van der Waals surface area contributed by atoms with E-state index < -0.39 is 0 Å². The van der Waals surface area contributed by atoms with Gasteiger partial charge in [0.25, 0.3) is 11.8 Å². The third-order valence-corrected chi connectivity index (χ3v) is 12.5. The van der Waals surface area contributed by atoms with E-state index in [1.54, 1.807) is 22.7 Å². The molecule has 300 valence electrons. The third-order valence-electron chi connectivity index (χ3n) is 10.2. The highest BCUT2D eigenvalue weighted by atomic mass is 35.5. The molecule has 8 nitrogen and oxygen atoms in total. The molecule has 58 heavy (non-hydrogen) atoms. The highest BCUT2D eigenvalue weighted by Crippen LogP contribution is 2.34. The first-order chi connectivity index (χ1) is 28.4. The number of nitrogens with zero attached hydrogens (tertiary/aromatic N) is 4. The van der Waals surface area contributed by atoms with Gasteiger partial charge in [0.2, 0.25) is 0 Å². The quantitative estimate of drug-likeness (QED) is 0.122. The number of ether oxygens (including phenoxy) is 2. The van der Waals surface area contributed by atoms with Crippen LogP contribution in [0.25, 0.3) is 0 Å². The van der Waals surface area contributed by atoms with Crippen LogP contribution in [0.4, 0.5) is 0 Å². The molecule has 2 aliphatic rings. The summed E-state index contributed by atoms with van der Waals surface area (Å²) in [6.45, 7) is 1.63. The molecule has 2 saturated heterocycles. The fourth-order valence-electron chi connectivity index (χ4n) is 7.24. The van der Waals surface area contributed by atoms with Crippen LogP contribution in [0, 0.1) is 0 Å². The summed E-state index contributed by atoms with van der Waals surface area (Å²) in [7, 11) is 0. The third kappa shape index (κ3) is 11.7. The van der Waals surface area contributed by atoms with Crippen molar-refractivity contribution in [2.75, 3.05) is 26.3 Å². The first-order valence-corrected chi connectivity index (χ1v) is 22.2. The summed E-state index contributed by atoms with van der Waals surface area (Å²) >= 11 is 15.2. The predicted molar refractivity (Wildman–Crippen MR) is 233 cm³/mol. The second kappa shape index (κ2) is 20.8. The number of piperidine rings is 2. The van der Waals surface area contributed by atoms with Gasteiger partial charge in [-0.3, -0.25) is 9.59 Å². The van der Waals surface area contributed by atoms with E-state index in [9.17, 15) is 9.59 Å². The van der Waals surface area contributed by atoms with E-state index in [4.69, 9.17) is 42.6 Å². The number of benzene rings is 4. The number of amides is 2. The average molecular weight is 854 g/mol. The molecule has 0 saturated carbocycles. The van der Waals surface area contributed by atoms with E-state index >= 15 is 0 Å². The number of likely N-dealkylation sites (tertiary alicyclic amines) is 2. The van der Waals surface area contributed by atoms with Crippen LogP contribution in [0.1, 0.15) is 83.1 Å². The molecule has 0 radical (unpaired) electrons. The Morgan fingerprint density at radius 2 is 0.966 bits per heavy atom. The van der Waals surface area contributed by atoms with Crippen molar-refractivity contribution < 1.29 is 19.1 Å². The van der Waals surface area contributed by atoms with Gasteiger partial charge in [-0.25, -0.2) is 9.97 Å². The number of para-hydroxylation sites is 2. The van der Waals surface area contributed by atoms with Crippen molar-refractivity contribution in [3.63, 3.8) is 0 Å². The van der Waals surface area contributed by atoms with Gasteiger partial charge in [0.1, 0.15) is 11.5 Å². The van der Waals surface area contributed by atoms with Crippen molar-refractivity contribution >= 4 is 57.7 Å². The summed E-state index contributed by atoms with van der Waals surface area (Å²) < 4.78 is 11.4. The largest absolute Gasteiger partial charge is 0.484 e. The van der Waals surface area contributed by atoms with Crippen LogP contribution in [-0.2, 0) is 22.4 Å². The van der Waals surface area contributed by atoms with Crippen LogP contribution >= 0.6 is 45.9 Å². The predicted octanol–water partition coefficient (Wildman–Crippen LogP) is 11.0. The van der Waals surface area contributed by atoms with Gasteiger partial charge in [0.05, 0.1) is 33.5 Å². The lowest BCUT2D eigenvalue weighted by atomic mass is 10.00. The van der Waals surface area contributed by atoms with Crippen LogP contribution in [-0.4, -0.2) is 57.9 Å². The van der Waals surface area contributed by atoms with Crippen molar-refractivity contribution in [2.45, 2.75) is 63.5 Å². The van der Waals surface area contributed by atoms with Gasteiger partial charge in [-0.2, -0.15) is 0 Å². The number of carbonyl (C=O) groups excluding carboxylic acids is 2. The normalized spacial score (nSPS) is 16.6. The summed E-state index contributed by atoms with van der Waals surface area (Å²) in [5.74, 6) is 1.47. The lowest BCUT2D eigenvalue weighted by Crippen LogP contribution is -2.41. The standard InChI is InChI=1S/2C23H23ClN2O2S/c2*24-18-11-9-17(10-12-18)14-22-25-20(16-29-22)21-8-4-5-13-26(21)23(27)15-28-19-6-2-1-3-7-19/h2*1-3,6-7,9-12,16,21H,4-5,8,13-15H2/t2*21-/m11/s1. The molecule has 2 aliphatic heterocycles. The summed E-state index contributed by atoms with van der Waals surface area (Å²) in [5.41, 5.74) is 4.35. The Bertz CT molecular complexity index is 2040.